The highest BCUT2D eigenvalue weighted by Crippen LogP contribution is 2.42. The molecule has 0 spiro atoms. The first-order valence-electron chi connectivity index (χ1n) is 12.5. The molecule has 1 aliphatic heterocycles. The molecule has 0 saturated carbocycles. The number of aromatic nitrogens is 1. The van der Waals surface area contributed by atoms with E-state index in [-0.39, 0.29) is 24.2 Å². The number of ketones is 1. The van der Waals surface area contributed by atoms with Crippen LogP contribution in [-0.2, 0) is 21.5 Å². The van der Waals surface area contributed by atoms with E-state index in [2.05, 4.69) is 23.5 Å². The first-order chi connectivity index (χ1) is 18.5. The van der Waals surface area contributed by atoms with E-state index < -0.39 is 10.8 Å². The number of carbonyl (C=O) groups is 2. The fraction of sp³-hybridized carbons (Fsp3) is 0.233. The van der Waals surface area contributed by atoms with Crippen molar-refractivity contribution < 1.29 is 14.3 Å². The van der Waals surface area contributed by atoms with Gasteiger partial charge in [0.25, 0.3) is 0 Å². The molecule has 3 heterocycles. The number of thioether (sulfide) groups is 1. The van der Waals surface area contributed by atoms with Crippen LogP contribution in [0.15, 0.2) is 88.5 Å². The summed E-state index contributed by atoms with van der Waals surface area (Å²) in [6.45, 7) is 0. The second-order valence-corrected chi connectivity index (χ2v) is 11.9. The number of benzene rings is 2. The number of rotatable bonds is 6. The van der Waals surface area contributed by atoms with Gasteiger partial charge in [-0.05, 0) is 71.0 Å². The van der Waals surface area contributed by atoms with E-state index in [0.717, 1.165) is 24.8 Å². The minimum absolute atomic E-state index is 0.0836. The Hall–Kier alpha value is -3.13. The SMILES string of the molecule is O=C1CC(c2ccsc2)(c2cccc(OC3CCCc4ccccc43)n2)NC(=O)C1Sc1ccccc1Cl. The lowest BCUT2D eigenvalue weighted by Crippen LogP contribution is -2.58. The molecule has 2 aliphatic rings. The van der Waals surface area contributed by atoms with Gasteiger partial charge in [0.05, 0.1) is 10.7 Å². The maximum atomic E-state index is 13.6. The maximum Gasteiger partial charge on any atom is 0.242 e. The Bertz CT molecular complexity index is 1470. The van der Waals surface area contributed by atoms with Crippen molar-refractivity contribution in [2.45, 2.75) is 47.5 Å². The smallest absolute Gasteiger partial charge is 0.242 e. The van der Waals surface area contributed by atoms with Crippen molar-refractivity contribution in [2.24, 2.45) is 0 Å². The number of piperidine rings is 1. The predicted molar refractivity (Wildman–Crippen MR) is 151 cm³/mol. The van der Waals surface area contributed by atoms with Crippen LogP contribution in [0.5, 0.6) is 5.88 Å². The number of carbonyl (C=O) groups excluding carboxylic acids is 2. The molecule has 1 amide bonds. The Morgan fingerprint density at radius 1 is 1.03 bits per heavy atom. The molecule has 4 aromatic rings. The zero-order chi connectivity index (χ0) is 26.1. The lowest BCUT2D eigenvalue weighted by Gasteiger charge is -2.39. The fourth-order valence-electron chi connectivity index (χ4n) is 5.29. The quantitative estimate of drug-likeness (QED) is 0.264. The molecule has 5 nitrogen and oxygen atoms in total. The van der Waals surface area contributed by atoms with Gasteiger partial charge in [-0.15, -0.1) is 11.8 Å². The molecule has 6 rings (SSSR count). The first kappa shape index (κ1) is 25.2. The van der Waals surface area contributed by atoms with E-state index in [1.807, 2.05) is 59.3 Å². The summed E-state index contributed by atoms with van der Waals surface area (Å²) in [5.74, 6) is -0.0426. The number of aryl methyl sites for hydroxylation is 1. The van der Waals surface area contributed by atoms with Gasteiger partial charge in [-0.2, -0.15) is 11.3 Å². The first-order valence-corrected chi connectivity index (χ1v) is 14.7. The zero-order valence-corrected chi connectivity index (χ0v) is 22.8. The number of hydrogen-bond acceptors (Lipinski definition) is 6. The molecule has 2 aromatic carbocycles. The number of nitrogens with one attached hydrogen (secondary N) is 1. The average Bonchev–Trinajstić information content (AvgIpc) is 3.48. The van der Waals surface area contributed by atoms with Crippen LogP contribution in [0.4, 0.5) is 0 Å². The Kier molecular flexibility index (Phi) is 6.99. The van der Waals surface area contributed by atoms with Gasteiger partial charge in [-0.1, -0.05) is 54.1 Å². The van der Waals surface area contributed by atoms with Crippen LogP contribution in [0, 0.1) is 0 Å². The number of ether oxygens (including phenoxy) is 1. The molecule has 1 N–H and O–H groups in total. The van der Waals surface area contributed by atoms with Crippen molar-refractivity contribution in [3.63, 3.8) is 0 Å². The van der Waals surface area contributed by atoms with Crippen molar-refractivity contribution in [1.29, 1.82) is 0 Å². The van der Waals surface area contributed by atoms with Gasteiger partial charge in [0.2, 0.25) is 11.8 Å². The fourth-order valence-corrected chi connectivity index (χ4v) is 7.26. The van der Waals surface area contributed by atoms with Crippen molar-refractivity contribution >= 4 is 46.4 Å². The van der Waals surface area contributed by atoms with E-state index in [4.69, 9.17) is 21.3 Å². The van der Waals surface area contributed by atoms with Crippen LogP contribution >= 0.6 is 34.7 Å². The number of nitrogens with zero attached hydrogens (tertiary/aromatic N) is 1. The number of thiophene rings is 1. The molecule has 2 aromatic heterocycles. The molecule has 3 atom stereocenters. The topological polar surface area (TPSA) is 68.3 Å². The van der Waals surface area contributed by atoms with Crippen LogP contribution in [0.3, 0.4) is 0 Å². The molecule has 3 unspecified atom stereocenters. The van der Waals surface area contributed by atoms with Crippen LogP contribution in [-0.4, -0.2) is 21.9 Å². The number of fused-ring (bicyclic) bond motifs is 1. The molecule has 38 heavy (non-hydrogen) atoms. The normalized spacial score (nSPS) is 23.0. The highest BCUT2D eigenvalue weighted by Gasteiger charge is 2.48. The van der Waals surface area contributed by atoms with Crippen LogP contribution in [0.2, 0.25) is 5.02 Å². The van der Waals surface area contributed by atoms with Crippen molar-refractivity contribution in [3.05, 3.63) is 111 Å². The molecular formula is C30H25ClN2O3S2. The van der Waals surface area contributed by atoms with E-state index in [1.165, 1.54) is 34.2 Å². The lowest BCUT2D eigenvalue weighted by atomic mass is 9.79. The van der Waals surface area contributed by atoms with Crippen molar-refractivity contribution in [2.75, 3.05) is 0 Å². The Labute approximate surface area is 234 Å². The summed E-state index contributed by atoms with van der Waals surface area (Å²) in [4.78, 5) is 32.6. The highest BCUT2D eigenvalue weighted by atomic mass is 35.5. The minimum Gasteiger partial charge on any atom is -0.469 e. The van der Waals surface area contributed by atoms with E-state index in [0.29, 0.717) is 21.5 Å². The number of pyridine rings is 1. The largest absolute Gasteiger partial charge is 0.469 e. The molecule has 192 valence electrons. The van der Waals surface area contributed by atoms with E-state index in [1.54, 1.807) is 6.07 Å². The predicted octanol–water partition coefficient (Wildman–Crippen LogP) is 6.75. The van der Waals surface area contributed by atoms with Crippen LogP contribution in [0.1, 0.15) is 47.8 Å². The third kappa shape index (κ3) is 4.75. The van der Waals surface area contributed by atoms with Gasteiger partial charge in [0.1, 0.15) is 16.9 Å². The Balaban J connectivity index is 1.32. The molecular weight excluding hydrogens is 536 g/mol. The van der Waals surface area contributed by atoms with Gasteiger partial charge in [0.15, 0.2) is 5.78 Å². The molecule has 0 radical (unpaired) electrons. The van der Waals surface area contributed by atoms with Crippen molar-refractivity contribution in [3.8, 4) is 5.88 Å². The van der Waals surface area contributed by atoms with Gasteiger partial charge < -0.3 is 10.1 Å². The molecule has 1 saturated heterocycles. The number of hydrogen-bond donors (Lipinski definition) is 1. The minimum atomic E-state index is -1.07. The summed E-state index contributed by atoms with van der Waals surface area (Å²) in [5.41, 5.74) is 2.84. The summed E-state index contributed by atoms with van der Waals surface area (Å²) < 4.78 is 6.42. The van der Waals surface area contributed by atoms with Gasteiger partial charge in [0, 0.05) is 17.4 Å². The summed E-state index contributed by atoms with van der Waals surface area (Å²) in [7, 11) is 0. The third-order valence-corrected chi connectivity index (χ3v) is 9.59. The maximum absolute atomic E-state index is 13.6. The van der Waals surface area contributed by atoms with Gasteiger partial charge in [-0.25, -0.2) is 4.98 Å². The molecule has 1 aliphatic carbocycles. The van der Waals surface area contributed by atoms with E-state index >= 15 is 0 Å². The number of halogens is 1. The Morgan fingerprint density at radius 3 is 2.68 bits per heavy atom. The number of amides is 1. The third-order valence-electron chi connectivity index (χ3n) is 7.14. The van der Waals surface area contributed by atoms with Crippen LogP contribution < -0.4 is 10.1 Å². The molecule has 8 heteroatoms. The second kappa shape index (κ2) is 10.6. The summed E-state index contributed by atoms with van der Waals surface area (Å²) >= 11 is 9.01. The summed E-state index contributed by atoms with van der Waals surface area (Å²) in [5, 5.41) is 6.71. The van der Waals surface area contributed by atoms with Crippen molar-refractivity contribution in [1.82, 2.24) is 10.3 Å². The standard InChI is InChI=1S/C30H25ClN2O3S2/c31-22-10-3-4-12-25(22)38-28-23(34)17-30(33-29(28)35,20-15-16-37-18-20)26-13-6-14-27(32-26)36-24-11-5-8-19-7-1-2-9-21(19)24/h1-4,6-7,9-10,12-16,18,24,28H,5,8,11,17H2,(H,33,35). The molecule has 0 bridgehead atoms. The monoisotopic (exact) mass is 560 g/mol. The van der Waals surface area contributed by atoms with Crippen LogP contribution in [0.25, 0.3) is 0 Å². The summed E-state index contributed by atoms with van der Waals surface area (Å²) in [6, 6.07) is 23.1. The zero-order valence-electron chi connectivity index (χ0n) is 20.4. The van der Waals surface area contributed by atoms with Gasteiger partial charge >= 0.3 is 0 Å². The summed E-state index contributed by atoms with van der Waals surface area (Å²) in [6.07, 6.45) is 3.01. The van der Waals surface area contributed by atoms with E-state index in [9.17, 15) is 9.59 Å². The molecule has 1 fully saturated rings. The Morgan fingerprint density at radius 2 is 1.87 bits per heavy atom. The van der Waals surface area contributed by atoms with Gasteiger partial charge in [-0.3, -0.25) is 9.59 Å². The lowest BCUT2D eigenvalue weighted by molar-refractivity contribution is -0.133. The average molecular weight is 561 g/mol. The highest BCUT2D eigenvalue weighted by molar-refractivity contribution is 8.01. The number of Topliss-reactive ketones (excluding diaryl/α,β-unsaturated/α-hetero) is 1. The second-order valence-electron chi connectivity index (χ2n) is 9.54.